The summed E-state index contributed by atoms with van der Waals surface area (Å²) in [4.78, 5) is 25.2. The highest BCUT2D eigenvalue weighted by Gasteiger charge is 2.32. The maximum atomic E-state index is 11.8. The minimum atomic E-state index is -0.396. The van der Waals surface area contributed by atoms with Gasteiger partial charge in [0.2, 0.25) is 0 Å². The van der Waals surface area contributed by atoms with Gasteiger partial charge in [-0.3, -0.25) is 9.69 Å². The normalized spacial score (nSPS) is 18.0. The highest BCUT2D eigenvalue weighted by atomic mass is 32.1. The fourth-order valence-electron chi connectivity index (χ4n) is 1.38. The predicted molar refractivity (Wildman–Crippen MR) is 62.7 cm³/mol. The molecule has 1 aromatic heterocycles. The first-order chi connectivity index (χ1) is 7.72. The number of rotatable bonds is 3. The molecule has 0 spiro atoms. The van der Waals surface area contributed by atoms with Crippen LogP contribution in [0.2, 0.25) is 0 Å². The summed E-state index contributed by atoms with van der Waals surface area (Å²) in [6.07, 6.45) is 3.19. The summed E-state index contributed by atoms with van der Waals surface area (Å²) in [6.45, 7) is 3.73. The Morgan fingerprint density at radius 3 is 2.94 bits per heavy atom. The molecule has 0 unspecified atom stereocenters. The maximum Gasteiger partial charge on any atom is 0.329 e. The second kappa shape index (κ2) is 4.32. The third-order valence-electron chi connectivity index (χ3n) is 2.10. The number of thiophene rings is 1. The van der Waals surface area contributed by atoms with Crippen LogP contribution in [0.4, 0.5) is 4.79 Å². The van der Waals surface area contributed by atoms with Gasteiger partial charge in [0, 0.05) is 11.4 Å². The van der Waals surface area contributed by atoms with Crippen LogP contribution in [0.3, 0.4) is 0 Å². The average Bonchev–Trinajstić information content (AvgIpc) is 2.84. The summed E-state index contributed by atoms with van der Waals surface area (Å²) in [7, 11) is 0. The molecule has 0 aromatic carbocycles. The summed E-state index contributed by atoms with van der Waals surface area (Å²) < 4.78 is 0. The molecule has 1 aromatic rings. The van der Waals surface area contributed by atoms with Gasteiger partial charge in [-0.25, -0.2) is 4.79 Å². The Bertz CT molecular complexity index is 462. The van der Waals surface area contributed by atoms with Crippen LogP contribution in [-0.2, 0) is 4.79 Å². The van der Waals surface area contributed by atoms with Crippen molar-refractivity contribution in [2.45, 2.75) is 0 Å². The van der Waals surface area contributed by atoms with Gasteiger partial charge in [0.15, 0.2) is 0 Å². The van der Waals surface area contributed by atoms with Crippen molar-refractivity contribution in [2.24, 2.45) is 0 Å². The van der Waals surface area contributed by atoms with E-state index in [9.17, 15) is 9.59 Å². The molecular weight excluding hydrogens is 224 g/mol. The van der Waals surface area contributed by atoms with Crippen LogP contribution in [0, 0.1) is 0 Å². The Kier molecular flexibility index (Phi) is 2.87. The second-order valence-electron chi connectivity index (χ2n) is 3.21. The van der Waals surface area contributed by atoms with E-state index in [1.54, 1.807) is 6.08 Å². The van der Waals surface area contributed by atoms with Gasteiger partial charge in [-0.1, -0.05) is 12.1 Å². The zero-order chi connectivity index (χ0) is 11.5. The second-order valence-corrected chi connectivity index (χ2v) is 4.19. The highest BCUT2D eigenvalue weighted by Crippen LogP contribution is 2.16. The minimum absolute atomic E-state index is 0.229. The number of urea groups is 1. The lowest BCUT2D eigenvalue weighted by Crippen LogP contribution is -2.30. The van der Waals surface area contributed by atoms with Gasteiger partial charge >= 0.3 is 6.03 Å². The van der Waals surface area contributed by atoms with Crippen LogP contribution in [0.5, 0.6) is 0 Å². The SMILES string of the molecule is C=CCN1C(=O)NC(=Cc2cccs2)C1=O. The highest BCUT2D eigenvalue weighted by molar-refractivity contribution is 7.10. The quantitative estimate of drug-likeness (QED) is 0.493. The van der Waals surface area contributed by atoms with Crippen molar-refractivity contribution in [2.75, 3.05) is 6.54 Å². The van der Waals surface area contributed by atoms with Crippen molar-refractivity contribution in [1.29, 1.82) is 0 Å². The first-order valence-electron chi connectivity index (χ1n) is 4.71. The summed E-state index contributed by atoms with van der Waals surface area (Å²) in [6, 6.07) is 3.38. The minimum Gasteiger partial charge on any atom is -0.303 e. The third kappa shape index (κ3) is 1.90. The lowest BCUT2D eigenvalue weighted by Gasteiger charge is -2.06. The molecule has 1 saturated heterocycles. The lowest BCUT2D eigenvalue weighted by atomic mass is 10.3. The fraction of sp³-hybridized carbons (Fsp3) is 0.0909. The predicted octanol–water partition coefficient (Wildman–Crippen LogP) is 1.83. The molecular formula is C11H10N2O2S. The van der Waals surface area contributed by atoms with Gasteiger partial charge < -0.3 is 5.32 Å². The molecule has 0 bridgehead atoms. The van der Waals surface area contributed by atoms with Gasteiger partial charge in [-0.2, -0.15) is 0 Å². The van der Waals surface area contributed by atoms with Gasteiger partial charge in [0.25, 0.3) is 5.91 Å². The Morgan fingerprint density at radius 1 is 1.50 bits per heavy atom. The van der Waals surface area contributed by atoms with E-state index in [4.69, 9.17) is 0 Å². The summed E-state index contributed by atoms with van der Waals surface area (Å²) >= 11 is 1.51. The van der Waals surface area contributed by atoms with Crippen molar-refractivity contribution in [1.82, 2.24) is 10.2 Å². The molecule has 5 heteroatoms. The molecule has 1 aliphatic heterocycles. The van der Waals surface area contributed by atoms with Gasteiger partial charge in [0.05, 0.1) is 0 Å². The number of imide groups is 1. The van der Waals surface area contributed by atoms with Crippen LogP contribution < -0.4 is 5.32 Å². The number of carbonyl (C=O) groups excluding carboxylic acids is 2. The summed E-state index contributed by atoms with van der Waals surface area (Å²) in [5.41, 5.74) is 0.314. The van der Waals surface area contributed by atoms with E-state index < -0.39 is 6.03 Å². The van der Waals surface area contributed by atoms with E-state index in [1.807, 2.05) is 17.5 Å². The molecule has 2 heterocycles. The van der Waals surface area contributed by atoms with Crippen LogP contribution in [0.15, 0.2) is 35.9 Å². The fourth-order valence-corrected chi connectivity index (χ4v) is 2.04. The standard InChI is InChI=1S/C11H10N2O2S/c1-2-5-13-10(14)9(12-11(13)15)7-8-4-3-6-16-8/h2-4,6-7H,1,5H2,(H,12,15). The average molecular weight is 234 g/mol. The Hall–Kier alpha value is -1.88. The maximum absolute atomic E-state index is 11.8. The van der Waals surface area contributed by atoms with Crippen molar-refractivity contribution >= 4 is 29.4 Å². The summed E-state index contributed by atoms with van der Waals surface area (Å²) in [5.74, 6) is -0.307. The first kappa shape index (κ1) is 10.6. The first-order valence-corrected chi connectivity index (χ1v) is 5.59. The van der Waals surface area contributed by atoms with Crippen LogP contribution >= 0.6 is 11.3 Å². The number of amides is 3. The largest absolute Gasteiger partial charge is 0.329 e. The van der Waals surface area contributed by atoms with Crippen molar-refractivity contribution in [3.05, 3.63) is 40.7 Å². The zero-order valence-corrected chi connectivity index (χ0v) is 9.29. The number of hydrogen-bond acceptors (Lipinski definition) is 3. The van der Waals surface area contributed by atoms with E-state index >= 15 is 0 Å². The Morgan fingerprint density at radius 2 is 2.31 bits per heavy atom. The van der Waals surface area contributed by atoms with Gasteiger partial charge in [-0.15, -0.1) is 17.9 Å². The molecule has 0 radical (unpaired) electrons. The Labute approximate surface area is 96.9 Å². The van der Waals surface area contributed by atoms with Crippen molar-refractivity contribution in [3.63, 3.8) is 0 Å². The van der Waals surface area contributed by atoms with E-state index in [0.717, 1.165) is 9.78 Å². The number of nitrogens with one attached hydrogen (secondary N) is 1. The van der Waals surface area contributed by atoms with E-state index in [-0.39, 0.29) is 12.5 Å². The van der Waals surface area contributed by atoms with E-state index in [1.165, 1.54) is 17.4 Å². The molecule has 1 aliphatic rings. The molecule has 0 saturated carbocycles. The van der Waals surface area contributed by atoms with E-state index in [0.29, 0.717) is 5.70 Å². The topological polar surface area (TPSA) is 49.4 Å². The zero-order valence-electron chi connectivity index (χ0n) is 8.47. The third-order valence-corrected chi connectivity index (χ3v) is 2.92. The molecule has 82 valence electrons. The molecule has 1 fully saturated rings. The van der Waals surface area contributed by atoms with Crippen LogP contribution in [-0.4, -0.2) is 23.4 Å². The molecule has 3 amide bonds. The lowest BCUT2D eigenvalue weighted by molar-refractivity contribution is -0.122. The monoisotopic (exact) mass is 234 g/mol. The van der Waals surface area contributed by atoms with E-state index in [2.05, 4.69) is 11.9 Å². The Balaban J connectivity index is 2.23. The molecule has 16 heavy (non-hydrogen) atoms. The molecule has 2 rings (SSSR count). The number of nitrogens with zero attached hydrogens (tertiary/aromatic N) is 1. The molecule has 4 nitrogen and oxygen atoms in total. The molecule has 1 N–H and O–H groups in total. The summed E-state index contributed by atoms with van der Waals surface area (Å²) in [5, 5.41) is 4.45. The number of carbonyl (C=O) groups is 2. The van der Waals surface area contributed by atoms with Crippen LogP contribution in [0.1, 0.15) is 4.88 Å². The smallest absolute Gasteiger partial charge is 0.303 e. The van der Waals surface area contributed by atoms with Gasteiger partial charge in [0.1, 0.15) is 5.70 Å². The van der Waals surface area contributed by atoms with Crippen molar-refractivity contribution in [3.8, 4) is 0 Å². The van der Waals surface area contributed by atoms with Gasteiger partial charge in [-0.05, 0) is 17.5 Å². The molecule has 0 atom stereocenters. The number of hydrogen-bond donors (Lipinski definition) is 1. The van der Waals surface area contributed by atoms with Crippen LogP contribution in [0.25, 0.3) is 6.08 Å². The van der Waals surface area contributed by atoms with Crippen molar-refractivity contribution < 1.29 is 9.59 Å². The molecule has 0 aliphatic carbocycles.